The molecule has 0 atom stereocenters. The summed E-state index contributed by atoms with van der Waals surface area (Å²) in [7, 11) is -3.83. The van der Waals surface area contributed by atoms with Gasteiger partial charge in [-0.1, -0.05) is 20.8 Å². The number of nitrogens with two attached hydrogens (primary N) is 1. The summed E-state index contributed by atoms with van der Waals surface area (Å²) in [6, 6.07) is 3.54. The zero-order chi connectivity index (χ0) is 14.0. The Morgan fingerprint density at radius 2 is 2.00 bits per heavy atom. The smallest absolute Gasteiger partial charge is 0.243 e. The Balaban J connectivity index is 2.94. The molecule has 6 heteroatoms. The van der Waals surface area contributed by atoms with E-state index in [1.807, 2.05) is 20.8 Å². The third-order valence-corrected chi connectivity index (χ3v) is 4.38. The second-order valence-electron chi connectivity index (χ2n) is 5.03. The van der Waals surface area contributed by atoms with Gasteiger partial charge in [0, 0.05) is 12.2 Å². The standard InChI is InChI=1S/C12H19FN2O2S/c1-4-12(2,3)8-15-18(16,17)11-6-5-9(14)7-10(11)13/h5-7,15H,4,8,14H2,1-3H3. The van der Waals surface area contributed by atoms with Crippen molar-refractivity contribution in [3.63, 3.8) is 0 Å². The van der Waals surface area contributed by atoms with E-state index in [1.165, 1.54) is 12.1 Å². The molecule has 102 valence electrons. The fourth-order valence-corrected chi connectivity index (χ4v) is 2.53. The Bertz CT molecular complexity index is 527. The van der Waals surface area contributed by atoms with Crippen molar-refractivity contribution in [2.75, 3.05) is 12.3 Å². The lowest BCUT2D eigenvalue weighted by atomic mass is 9.91. The Kier molecular flexibility index (Phi) is 4.34. The van der Waals surface area contributed by atoms with Crippen LogP contribution in [0.1, 0.15) is 27.2 Å². The zero-order valence-corrected chi connectivity index (χ0v) is 11.6. The summed E-state index contributed by atoms with van der Waals surface area (Å²) in [5, 5.41) is 0. The van der Waals surface area contributed by atoms with Gasteiger partial charge in [-0.3, -0.25) is 0 Å². The van der Waals surface area contributed by atoms with E-state index in [0.29, 0.717) is 0 Å². The lowest BCUT2D eigenvalue weighted by molar-refractivity contribution is 0.350. The van der Waals surface area contributed by atoms with Gasteiger partial charge in [-0.25, -0.2) is 17.5 Å². The fraction of sp³-hybridized carbons (Fsp3) is 0.500. The molecule has 3 N–H and O–H groups in total. The lowest BCUT2D eigenvalue weighted by Crippen LogP contribution is -2.34. The molecule has 0 heterocycles. The van der Waals surface area contributed by atoms with Crippen LogP contribution in [-0.2, 0) is 10.0 Å². The maximum atomic E-state index is 13.5. The summed E-state index contributed by atoms with van der Waals surface area (Å²) in [4.78, 5) is -0.372. The van der Waals surface area contributed by atoms with Gasteiger partial charge in [0.05, 0.1) is 0 Å². The van der Waals surface area contributed by atoms with E-state index < -0.39 is 15.8 Å². The predicted molar refractivity (Wildman–Crippen MR) is 70.1 cm³/mol. The molecule has 0 amide bonds. The van der Waals surface area contributed by atoms with E-state index in [0.717, 1.165) is 12.5 Å². The Morgan fingerprint density at radius 3 is 2.50 bits per heavy atom. The van der Waals surface area contributed by atoms with Crippen LogP contribution in [0, 0.1) is 11.2 Å². The third-order valence-electron chi connectivity index (χ3n) is 2.94. The summed E-state index contributed by atoms with van der Waals surface area (Å²) in [5.74, 6) is -0.836. The molecule has 18 heavy (non-hydrogen) atoms. The molecule has 1 rings (SSSR count). The van der Waals surface area contributed by atoms with Crippen LogP contribution in [0.4, 0.5) is 10.1 Å². The van der Waals surface area contributed by atoms with Crippen molar-refractivity contribution in [2.24, 2.45) is 5.41 Å². The molecule has 0 aliphatic heterocycles. The number of nitrogen functional groups attached to an aromatic ring is 1. The molecule has 0 saturated heterocycles. The summed E-state index contributed by atoms with van der Waals surface area (Å²) in [6.07, 6.45) is 0.819. The van der Waals surface area contributed by atoms with Gasteiger partial charge in [0.1, 0.15) is 10.7 Å². The molecule has 0 aromatic heterocycles. The first-order chi connectivity index (χ1) is 8.18. The molecule has 0 radical (unpaired) electrons. The van der Waals surface area contributed by atoms with Crippen LogP contribution >= 0.6 is 0 Å². The summed E-state index contributed by atoms with van der Waals surface area (Å²) in [5.41, 5.74) is 5.41. The van der Waals surface area contributed by atoms with Gasteiger partial charge in [-0.2, -0.15) is 0 Å². The van der Waals surface area contributed by atoms with E-state index in [-0.39, 0.29) is 22.5 Å². The Labute approximate surface area is 107 Å². The van der Waals surface area contributed by atoms with Crippen molar-refractivity contribution in [3.05, 3.63) is 24.0 Å². The first-order valence-corrected chi connectivity index (χ1v) is 7.21. The number of nitrogens with one attached hydrogen (secondary N) is 1. The number of benzene rings is 1. The van der Waals surface area contributed by atoms with Crippen LogP contribution in [0.5, 0.6) is 0 Å². The highest BCUT2D eigenvalue weighted by Gasteiger charge is 2.23. The van der Waals surface area contributed by atoms with Crippen molar-refractivity contribution in [2.45, 2.75) is 32.1 Å². The SMILES string of the molecule is CCC(C)(C)CNS(=O)(=O)c1ccc(N)cc1F. The molecule has 0 unspecified atom stereocenters. The van der Waals surface area contributed by atoms with Gasteiger partial charge in [0.2, 0.25) is 10.0 Å². The number of halogens is 1. The molecule has 0 spiro atoms. The minimum Gasteiger partial charge on any atom is -0.399 e. The minimum atomic E-state index is -3.83. The molecule has 4 nitrogen and oxygen atoms in total. The van der Waals surface area contributed by atoms with Crippen molar-refractivity contribution < 1.29 is 12.8 Å². The number of anilines is 1. The number of rotatable bonds is 5. The monoisotopic (exact) mass is 274 g/mol. The van der Waals surface area contributed by atoms with Gasteiger partial charge >= 0.3 is 0 Å². The average Bonchev–Trinajstić information content (AvgIpc) is 2.26. The van der Waals surface area contributed by atoms with Gasteiger partial charge in [-0.05, 0) is 30.0 Å². The maximum Gasteiger partial charge on any atom is 0.243 e. The Hall–Kier alpha value is -1.14. The predicted octanol–water partition coefficient (Wildman–Crippen LogP) is 2.12. The van der Waals surface area contributed by atoms with Crippen molar-refractivity contribution in [3.8, 4) is 0 Å². The molecular formula is C12H19FN2O2S. The number of sulfonamides is 1. The van der Waals surface area contributed by atoms with E-state index in [4.69, 9.17) is 5.73 Å². The molecule has 0 aliphatic carbocycles. The van der Waals surface area contributed by atoms with E-state index >= 15 is 0 Å². The van der Waals surface area contributed by atoms with Crippen LogP contribution in [-0.4, -0.2) is 15.0 Å². The highest BCUT2D eigenvalue weighted by molar-refractivity contribution is 7.89. The summed E-state index contributed by atoms with van der Waals surface area (Å²) >= 11 is 0. The molecule has 1 aromatic carbocycles. The second-order valence-corrected chi connectivity index (χ2v) is 6.77. The lowest BCUT2D eigenvalue weighted by Gasteiger charge is -2.22. The second kappa shape index (κ2) is 5.24. The number of hydrogen-bond donors (Lipinski definition) is 2. The molecule has 0 bridgehead atoms. The van der Waals surface area contributed by atoms with Crippen LogP contribution in [0.15, 0.2) is 23.1 Å². The maximum absolute atomic E-state index is 13.5. The van der Waals surface area contributed by atoms with Crippen molar-refractivity contribution in [1.29, 1.82) is 0 Å². The largest absolute Gasteiger partial charge is 0.399 e. The molecule has 0 saturated carbocycles. The summed E-state index contributed by atoms with van der Waals surface area (Å²) < 4.78 is 39.8. The third kappa shape index (κ3) is 3.68. The van der Waals surface area contributed by atoms with E-state index in [1.54, 1.807) is 0 Å². The van der Waals surface area contributed by atoms with Crippen LogP contribution in [0.25, 0.3) is 0 Å². The molecule has 0 aliphatic rings. The molecular weight excluding hydrogens is 255 g/mol. The van der Waals surface area contributed by atoms with Crippen LogP contribution in [0.3, 0.4) is 0 Å². The highest BCUT2D eigenvalue weighted by atomic mass is 32.2. The number of hydrogen-bond acceptors (Lipinski definition) is 3. The zero-order valence-electron chi connectivity index (χ0n) is 10.8. The van der Waals surface area contributed by atoms with Gasteiger partial charge < -0.3 is 5.73 Å². The first kappa shape index (κ1) is 14.9. The summed E-state index contributed by atoms with van der Waals surface area (Å²) in [6.45, 7) is 6.11. The first-order valence-electron chi connectivity index (χ1n) is 5.73. The van der Waals surface area contributed by atoms with Gasteiger partial charge in [0.15, 0.2) is 0 Å². The Morgan fingerprint density at radius 1 is 1.39 bits per heavy atom. The van der Waals surface area contributed by atoms with Crippen LogP contribution < -0.4 is 10.5 Å². The normalized spacial score (nSPS) is 12.7. The van der Waals surface area contributed by atoms with Gasteiger partial charge in [-0.15, -0.1) is 0 Å². The molecule has 0 fully saturated rings. The van der Waals surface area contributed by atoms with Crippen molar-refractivity contribution in [1.82, 2.24) is 4.72 Å². The quantitative estimate of drug-likeness (QED) is 0.808. The van der Waals surface area contributed by atoms with Crippen molar-refractivity contribution >= 4 is 15.7 Å². The van der Waals surface area contributed by atoms with Crippen LogP contribution in [0.2, 0.25) is 0 Å². The average molecular weight is 274 g/mol. The highest BCUT2D eigenvalue weighted by Crippen LogP contribution is 2.21. The van der Waals surface area contributed by atoms with E-state index in [2.05, 4.69) is 4.72 Å². The molecule has 1 aromatic rings. The van der Waals surface area contributed by atoms with E-state index in [9.17, 15) is 12.8 Å². The topological polar surface area (TPSA) is 72.2 Å². The fourth-order valence-electron chi connectivity index (χ4n) is 1.23. The minimum absolute atomic E-state index is 0.169. The van der Waals surface area contributed by atoms with Gasteiger partial charge in [0.25, 0.3) is 0 Å².